The van der Waals surface area contributed by atoms with Crippen molar-refractivity contribution in [1.82, 2.24) is 14.5 Å². The van der Waals surface area contributed by atoms with Crippen molar-refractivity contribution in [3.05, 3.63) is 50.4 Å². The molecule has 3 N–H and O–H groups in total. The molecule has 0 fully saturated rings. The molecular formula is C17H23N5O3. The minimum Gasteiger partial charge on any atom is -0.383 e. The molecule has 0 aliphatic carbocycles. The number of carbonyl (C=O) groups excluding carboxylic acids is 1. The van der Waals surface area contributed by atoms with Crippen LogP contribution >= 0.6 is 0 Å². The van der Waals surface area contributed by atoms with Gasteiger partial charge < -0.3 is 5.73 Å². The molecule has 0 unspecified atom stereocenters. The van der Waals surface area contributed by atoms with Gasteiger partial charge in [0, 0.05) is 18.8 Å². The summed E-state index contributed by atoms with van der Waals surface area (Å²) in [6.45, 7) is 6.08. The fraction of sp³-hybridized carbons (Fsp3) is 0.412. The lowest BCUT2D eigenvalue weighted by atomic mass is 10.2. The van der Waals surface area contributed by atoms with Gasteiger partial charge in [-0.1, -0.05) is 19.4 Å². The fourth-order valence-electron chi connectivity index (χ4n) is 2.58. The third-order valence-electron chi connectivity index (χ3n) is 3.89. The van der Waals surface area contributed by atoms with Crippen molar-refractivity contribution in [2.24, 2.45) is 0 Å². The molecule has 2 rings (SSSR count). The lowest BCUT2D eigenvalue weighted by Crippen LogP contribution is -2.41. The number of H-pyrrole nitrogens is 1. The number of aryl methyl sites for hydroxylation is 1. The number of nitrogens with two attached hydrogens (primary N) is 1. The Labute approximate surface area is 145 Å². The third-order valence-corrected chi connectivity index (χ3v) is 3.89. The van der Waals surface area contributed by atoms with Gasteiger partial charge in [0.1, 0.15) is 11.5 Å². The number of hydrogen-bond acceptors (Lipinski definition) is 5. The molecular weight excluding hydrogens is 322 g/mol. The van der Waals surface area contributed by atoms with Crippen LogP contribution in [0, 0.1) is 6.92 Å². The van der Waals surface area contributed by atoms with E-state index in [1.54, 1.807) is 32.0 Å². The maximum Gasteiger partial charge on any atom is 0.330 e. The first kappa shape index (κ1) is 18.4. The van der Waals surface area contributed by atoms with Crippen LogP contribution in [0.25, 0.3) is 0 Å². The first-order valence-electron chi connectivity index (χ1n) is 8.28. The topological polar surface area (TPSA) is 114 Å². The smallest absolute Gasteiger partial charge is 0.330 e. The van der Waals surface area contributed by atoms with Gasteiger partial charge in [-0.05, 0) is 32.4 Å². The second-order valence-corrected chi connectivity index (χ2v) is 5.71. The van der Waals surface area contributed by atoms with Crippen LogP contribution in [0.4, 0.5) is 11.5 Å². The van der Waals surface area contributed by atoms with Crippen molar-refractivity contribution < 1.29 is 4.79 Å². The zero-order valence-electron chi connectivity index (χ0n) is 14.7. The van der Waals surface area contributed by atoms with Gasteiger partial charge in [-0.15, -0.1) is 0 Å². The number of nitrogen functional groups attached to an aromatic ring is 1. The highest BCUT2D eigenvalue weighted by Gasteiger charge is 2.24. The molecule has 0 saturated carbocycles. The van der Waals surface area contributed by atoms with Gasteiger partial charge in [0.05, 0.1) is 0 Å². The number of nitrogens with one attached hydrogen (secondary N) is 1. The van der Waals surface area contributed by atoms with Gasteiger partial charge >= 0.3 is 5.69 Å². The van der Waals surface area contributed by atoms with E-state index in [9.17, 15) is 14.4 Å². The summed E-state index contributed by atoms with van der Waals surface area (Å²) >= 11 is 0. The summed E-state index contributed by atoms with van der Waals surface area (Å²) in [6.07, 6.45) is 1.60. The molecule has 25 heavy (non-hydrogen) atoms. The Balaban J connectivity index is 2.55. The fourth-order valence-corrected chi connectivity index (χ4v) is 2.58. The molecule has 0 radical (unpaired) electrons. The van der Waals surface area contributed by atoms with Gasteiger partial charge in [-0.2, -0.15) is 0 Å². The van der Waals surface area contributed by atoms with Crippen molar-refractivity contribution >= 4 is 17.4 Å². The number of aromatic nitrogens is 3. The summed E-state index contributed by atoms with van der Waals surface area (Å²) in [4.78, 5) is 44.9. The summed E-state index contributed by atoms with van der Waals surface area (Å²) in [6, 6.07) is 5.08. The van der Waals surface area contributed by atoms with E-state index in [4.69, 9.17) is 5.73 Å². The van der Waals surface area contributed by atoms with Crippen LogP contribution in [-0.4, -0.2) is 27.0 Å². The number of hydrogen-bond donors (Lipinski definition) is 2. The summed E-state index contributed by atoms with van der Waals surface area (Å²) < 4.78 is 1.29. The minimum atomic E-state index is -0.682. The maximum atomic E-state index is 12.8. The number of anilines is 2. The monoisotopic (exact) mass is 345 g/mol. The van der Waals surface area contributed by atoms with E-state index in [1.807, 2.05) is 6.92 Å². The van der Waals surface area contributed by atoms with E-state index < -0.39 is 17.2 Å². The highest BCUT2D eigenvalue weighted by atomic mass is 16.2. The Morgan fingerprint density at radius 3 is 2.64 bits per heavy atom. The molecule has 0 aliphatic rings. The molecule has 2 aromatic rings. The molecule has 0 saturated heterocycles. The van der Waals surface area contributed by atoms with Gasteiger partial charge in [0.2, 0.25) is 0 Å². The summed E-state index contributed by atoms with van der Waals surface area (Å²) in [5, 5.41) is 0. The van der Waals surface area contributed by atoms with E-state index in [1.165, 1.54) is 9.47 Å². The zero-order valence-corrected chi connectivity index (χ0v) is 14.7. The number of pyridine rings is 1. The van der Waals surface area contributed by atoms with Crippen LogP contribution in [0.1, 0.15) is 42.9 Å². The second-order valence-electron chi connectivity index (χ2n) is 5.71. The molecule has 0 spiro atoms. The molecule has 1 amide bonds. The average Bonchev–Trinajstić information content (AvgIpc) is 2.57. The first-order valence-corrected chi connectivity index (χ1v) is 8.28. The van der Waals surface area contributed by atoms with Crippen molar-refractivity contribution in [3.63, 3.8) is 0 Å². The van der Waals surface area contributed by atoms with Gasteiger partial charge in [-0.25, -0.2) is 9.78 Å². The van der Waals surface area contributed by atoms with Crippen molar-refractivity contribution in [2.45, 2.75) is 40.2 Å². The highest BCUT2D eigenvalue weighted by molar-refractivity contribution is 6.05. The molecule has 0 aliphatic heterocycles. The quantitative estimate of drug-likeness (QED) is 0.819. The lowest BCUT2D eigenvalue weighted by molar-refractivity contribution is 0.0983. The van der Waals surface area contributed by atoms with E-state index in [0.29, 0.717) is 12.2 Å². The van der Waals surface area contributed by atoms with Crippen molar-refractivity contribution in [1.29, 1.82) is 0 Å². The van der Waals surface area contributed by atoms with Gasteiger partial charge in [-0.3, -0.25) is 24.0 Å². The predicted octanol–water partition coefficient (Wildman–Crippen LogP) is 1.29. The Hall–Kier alpha value is -2.90. The van der Waals surface area contributed by atoms with Crippen LogP contribution in [0.3, 0.4) is 0 Å². The van der Waals surface area contributed by atoms with Crippen molar-refractivity contribution in [3.8, 4) is 0 Å². The molecule has 2 aromatic heterocycles. The zero-order chi connectivity index (χ0) is 18.6. The van der Waals surface area contributed by atoms with Crippen LogP contribution in [0.15, 0.2) is 27.8 Å². The van der Waals surface area contributed by atoms with E-state index >= 15 is 0 Å². The number of carbonyl (C=O) groups is 1. The average molecular weight is 345 g/mol. The summed E-state index contributed by atoms with van der Waals surface area (Å²) in [5.41, 5.74) is 5.71. The molecule has 0 bridgehead atoms. The van der Waals surface area contributed by atoms with Crippen molar-refractivity contribution in [2.75, 3.05) is 17.2 Å². The van der Waals surface area contributed by atoms with Gasteiger partial charge in [0.15, 0.2) is 5.69 Å². The Morgan fingerprint density at radius 2 is 2.04 bits per heavy atom. The second kappa shape index (κ2) is 7.78. The molecule has 0 aromatic carbocycles. The number of amides is 1. The standard InChI is InChI=1S/C17H23N5O3/c1-4-6-10-22-14(18)13(15(23)20-17(22)25)21(5-2)16(24)12-9-7-8-11(3)19-12/h7-9H,4-6,10,18H2,1-3H3,(H,20,23,25). The van der Waals surface area contributed by atoms with Crippen LogP contribution in [0.2, 0.25) is 0 Å². The summed E-state index contributed by atoms with van der Waals surface area (Å²) in [5.74, 6) is -0.450. The normalized spacial score (nSPS) is 10.7. The first-order chi connectivity index (χ1) is 11.9. The van der Waals surface area contributed by atoms with E-state index in [-0.39, 0.29) is 23.7 Å². The molecule has 0 atom stereocenters. The van der Waals surface area contributed by atoms with E-state index in [0.717, 1.165) is 12.8 Å². The third kappa shape index (κ3) is 3.78. The Morgan fingerprint density at radius 1 is 1.32 bits per heavy atom. The lowest BCUT2D eigenvalue weighted by Gasteiger charge is -2.22. The molecule has 134 valence electrons. The largest absolute Gasteiger partial charge is 0.383 e. The number of rotatable bonds is 6. The van der Waals surface area contributed by atoms with E-state index in [2.05, 4.69) is 9.97 Å². The highest BCUT2D eigenvalue weighted by Crippen LogP contribution is 2.19. The SMILES string of the molecule is CCCCn1c(N)c(N(CC)C(=O)c2cccc(C)n2)c(=O)[nH]c1=O. The Kier molecular flexibility index (Phi) is 5.74. The predicted molar refractivity (Wildman–Crippen MR) is 97.0 cm³/mol. The van der Waals surface area contributed by atoms with Gasteiger partial charge in [0.25, 0.3) is 11.5 Å². The number of nitrogens with zero attached hydrogens (tertiary/aromatic N) is 3. The number of unbranched alkanes of at least 4 members (excludes halogenated alkanes) is 1. The molecule has 2 heterocycles. The molecule has 8 nitrogen and oxygen atoms in total. The van der Waals surface area contributed by atoms with Crippen LogP contribution in [0.5, 0.6) is 0 Å². The van der Waals surface area contributed by atoms with Crippen LogP contribution in [-0.2, 0) is 6.54 Å². The Bertz CT molecular complexity index is 885. The minimum absolute atomic E-state index is 0.00921. The van der Waals surface area contributed by atoms with Crippen LogP contribution < -0.4 is 21.9 Å². The number of aromatic amines is 1. The summed E-state index contributed by atoms with van der Waals surface area (Å²) in [7, 11) is 0. The maximum absolute atomic E-state index is 12.8. The molecule has 8 heteroatoms.